The van der Waals surface area contributed by atoms with Gasteiger partial charge in [0.2, 0.25) is 0 Å². The minimum atomic E-state index is -0.492. The summed E-state index contributed by atoms with van der Waals surface area (Å²) in [6, 6.07) is 16.1. The standard InChI is InChI=1S/C16H14FO2/c1-11-15(13-9-5-6-10-14(13)17)19-16(18-11)12-7-3-2-4-8-12/h2-11,15-16H,1H2/t11-,15+,16?/m1/s1. The molecule has 1 unspecified atom stereocenters. The highest BCUT2D eigenvalue weighted by atomic mass is 19.1. The maximum Gasteiger partial charge on any atom is 0.185 e. The molecule has 1 saturated heterocycles. The highest BCUT2D eigenvalue weighted by Crippen LogP contribution is 2.40. The van der Waals surface area contributed by atoms with E-state index >= 15 is 0 Å². The number of halogens is 1. The Morgan fingerprint density at radius 2 is 1.58 bits per heavy atom. The molecule has 2 nitrogen and oxygen atoms in total. The maximum absolute atomic E-state index is 13.8. The molecule has 1 radical (unpaired) electrons. The summed E-state index contributed by atoms with van der Waals surface area (Å²) in [5.74, 6) is -0.293. The lowest BCUT2D eigenvalue weighted by atomic mass is 10.1. The van der Waals surface area contributed by atoms with Gasteiger partial charge < -0.3 is 9.47 Å². The van der Waals surface area contributed by atoms with Crippen molar-refractivity contribution in [3.63, 3.8) is 0 Å². The predicted octanol–water partition coefficient (Wildman–Crippen LogP) is 3.82. The molecule has 3 rings (SSSR count). The normalized spacial score (nSPS) is 26.5. The van der Waals surface area contributed by atoms with E-state index < -0.39 is 18.5 Å². The maximum atomic E-state index is 13.8. The van der Waals surface area contributed by atoms with Gasteiger partial charge in [0, 0.05) is 11.1 Å². The lowest BCUT2D eigenvalue weighted by Gasteiger charge is -2.13. The zero-order valence-electron chi connectivity index (χ0n) is 10.3. The van der Waals surface area contributed by atoms with E-state index in [0.717, 1.165) is 5.56 Å². The van der Waals surface area contributed by atoms with E-state index in [1.54, 1.807) is 18.2 Å². The Labute approximate surface area is 111 Å². The molecule has 1 fully saturated rings. The Balaban J connectivity index is 1.85. The van der Waals surface area contributed by atoms with E-state index in [4.69, 9.17) is 9.47 Å². The lowest BCUT2D eigenvalue weighted by molar-refractivity contribution is -0.0660. The molecule has 0 aromatic heterocycles. The van der Waals surface area contributed by atoms with Crippen LogP contribution in [0, 0.1) is 12.7 Å². The van der Waals surface area contributed by atoms with Crippen molar-refractivity contribution in [3.8, 4) is 0 Å². The fourth-order valence-corrected chi connectivity index (χ4v) is 2.23. The fourth-order valence-electron chi connectivity index (χ4n) is 2.23. The summed E-state index contributed by atoms with van der Waals surface area (Å²) in [6.07, 6.45) is -1.40. The topological polar surface area (TPSA) is 18.5 Å². The van der Waals surface area contributed by atoms with Gasteiger partial charge in [0.1, 0.15) is 11.9 Å². The van der Waals surface area contributed by atoms with Crippen LogP contribution in [0.1, 0.15) is 23.5 Å². The summed E-state index contributed by atoms with van der Waals surface area (Å²) >= 11 is 0. The third-order valence-corrected chi connectivity index (χ3v) is 3.19. The van der Waals surface area contributed by atoms with Crippen molar-refractivity contribution >= 4 is 0 Å². The number of hydrogen-bond acceptors (Lipinski definition) is 2. The monoisotopic (exact) mass is 257 g/mol. The molecule has 19 heavy (non-hydrogen) atoms. The van der Waals surface area contributed by atoms with Crippen molar-refractivity contribution < 1.29 is 13.9 Å². The smallest absolute Gasteiger partial charge is 0.185 e. The van der Waals surface area contributed by atoms with Gasteiger partial charge >= 0.3 is 0 Å². The van der Waals surface area contributed by atoms with E-state index in [9.17, 15) is 4.39 Å². The highest BCUT2D eigenvalue weighted by molar-refractivity contribution is 5.23. The predicted molar refractivity (Wildman–Crippen MR) is 69.6 cm³/mol. The van der Waals surface area contributed by atoms with Crippen LogP contribution in [0.25, 0.3) is 0 Å². The van der Waals surface area contributed by atoms with Gasteiger partial charge in [-0.1, -0.05) is 48.5 Å². The first-order valence-electron chi connectivity index (χ1n) is 6.19. The molecule has 3 atom stereocenters. The quantitative estimate of drug-likeness (QED) is 0.814. The molecule has 1 aliphatic rings. The lowest BCUT2D eigenvalue weighted by Crippen LogP contribution is -2.12. The first kappa shape index (κ1) is 12.3. The van der Waals surface area contributed by atoms with Gasteiger partial charge in [-0.2, -0.15) is 0 Å². The Bertz CT molecular complexity index is 556. The third kappa shape index (κ3) is 2.39. The van der Waals surface area contributed by atoms with Crippen molar-refractivity contribution in [3.05, 3.63) is 78.5 Å². The summed E-state index contributed by atoms with van der Waals surface area (Å²) in [4.78, 5) is 0. The molecule has 2 aromatic carbocycles. The summed E-state index contributed by atoms with van der Waals surface area (Å²) in [7, 11) is 0. The molecule has 1 aliphatic heterocycles. The van der Waals surface area contributed by atoms with E-state index in [2.05, 4.69) is 6.92 Å². The molecular weight excluding hydrogens is 243 g/mol. The van der Waals surface area contributed by atoms with Crippen LogP contribution in [0.4, 0.5) is 4.39 Å². The van der Waals surface area contributed by atoms with E-state index in [0.29, 0.717) is 5.56 Å². The Morgan fingerprint density at radius 1 is 0.895 bits per heavy atom. The second kappa shape index (κ2) is 5.11. The van der Waals surface area contributed by atoms with Crippen LogP contribution in [-0.2, 0) is 9.47 Å². The van der Waals surface area contributed by atoms with E-state index in [1.165, 1.54) is 6.07 Å². The van der Waals surface area contributed by atoms with Gasteiger partial charge in [0.05, 0.1) is 6.10 Å². The molecule has 1 heterocycles. The van der Waals surface area contributed by atoms with Crippen LogP contribution < -0.4 is 0 Å². The third-order valence-electron chi connectivity index (χ3n) is 3.19. The van der Waals surface area contributed by atoms with Crippen LogP contribution >= 0.6 is 0 Å². The molecule has 0 N–H and O–H groups in total. The molecule has 97 valence electrons. The SMILES string of the molecule is [CH2][C@H]1OC(c2ccccc2)O[C@@H]1c1ccccc1F. The first-order valence-corrected chi connectivity index (χ1v) is 6.19. The average Bonchev–Trinajstić information content (AvgIpc) is 2.82. The minimum absolute atomic E-state index is 0.293. The Kier molecular flexibility index (Phi) is 3.32. The van der Waals surface area contributed by atoms with Crippen LogP contribution in [0.3, 0.4) is 0 Å². The highest BCUT2D eigenvalue weighted by Gasteiger charge is 2.36. The average molecular weight is 257 g/mol. The summed E-state index contributed by atoms with van der Waals surface area (Å²) < 4.78 is 25.3. The molecule has 0 amide bonds. The van der Waals surface area contributed by atoms with Crippen molar-refractivity contribution in [2.24, 2.45) is 0 Å². The van der Waals surface area contributed by atoms with Gasteiger partial charge in [0.25, 0.3) is 0 Å². The summed E-state index contributed by atoms with van der Waals surface area (Å²) in [5.41, 5.74) is 1.40. The second-order valence-electron chi connectivity index (χ2n) is 4.50. The molecule has 0 spiro atoms. The summed E-state index contributed by atoms with van der Waals surface area (Å²) in [6.45, 7) is 3.90. The number of benzene rings is 2. The number of hydrogen-bond donors (Lipinski definition) is 0. The van der Waals surface area contributed by atoms with E-state index in [-0.39, 0.29) is 5.82 Å². The molecular formula is C16H14FO2. The molecule has 0 aliphatic carbocycles. The van der Waals surface area contributed by atoms with Gasteiger partial charge in [-0.05, 0) is 13.0 Å². The second-order valence-corrected chi connectivity index (χ2v) is 4.50. The molecule has 2 aromatic rings. The van der Waals surface area contributed by atoms with Crippen LogP contribution in [0.15, 0.2) is 54.6 Å². The van der Waals surface area contributed by atoms with Gasteiger partial charge in [-0.25, -0.2) is 4.39 Å². The molecule has 0 bridgehead atoms. The zero-order valence-corrected chi connectivity index (χ0v) is 10.3. The van der Waals surface area contributed by atoms with Gasteiger partial charge in [-0.3, -0.25) is 0 Å². The van der Waals surface area contributed by atoms with Gasteiger partial charge in [-0.15, -0.1) is 0 Å². The van der Waals surface area contributed by atoms with Crippen molar-refractivity contribution in [1.29, 1.82) is 0 Å². The van der Waals surface area contributed by atoms with Crippen LogP contribution in [0.5, 0.6) is 0 Å². The fraction of sp³-hybridized carbons (Fsp3) is 0.188. The Hall–Kier alpha value is -1.71. The van der Waals surface area contributed by atoms with Gasteiger partial charge in [0.15, 0.2) is 6.29 Å². The largest absolute Gasteiger partial charge is 0.342 e. The minimum Gasteiger partial charge on any atom is -0.342 e. The van der Waals surface area contributed by atoms with Crippen molar-refractivity contribution in [2.75, 3.05) is 0 Å². The Morgan fingerprint density at radius 3 is 2.32 bits per heavy atom. The zero-order chi connectivity index (χ0) is 13.2. The molecule has 3 heteroatoms. The van der Waals surface area contributed by atoms with E-state index in [1.807, 2.05) is 30.3 Å². The summed E-state index contributed by atoms with van der Waals surface area (Å²) in [5, 5.41) is 0. The number of ether oxygens (including phenoxy) is 2. The van der Waals surface area contributed by atoms with Crippen LogP contribution in [-0.4, -0.2) is 6.10 Å². The molecule has 0 saturated carbocycles. The first-order chi connectivity index (χ1) is 9.25. The van der Waals surface area contributed by atoms with Crippen molar-refractivity contribution in [2.45, 2.75) is 18.5 Å². The van der Waals surface area contributed by atoms with Crippen molar-refractivity contribution in [1.82, 2.24) is 0 Å². The number of rotatable bonds is 2. The van der Waals surface area contributed by atoms with Crippen LogP contribution in [0.2, 0.25) is 0 Å².